The zero-order valence-electron chi connectivity index (χ0n) is 12.3. The Labute approximate surface area is 134 Å². The standard InChI is InChI=1S/C16H17ClN4O/c1-21-9-12(7-20-21)2-3-13-8-18-15(17)6-14(13)19-10-16(11-22)4-5-16/h6-9,22H,4-5,10-11H2,1H3,(H,18,19). The van der Waals surface area contributed by atoms with Gasteiger partial charge in [0, 0.05) is 31.4 Å². The molecular weight excluding hydrogens is 300 g/mol. The second-order valence-corrected chi connectivity index (χ2v) is 6.10. The van der Waals surface area contributed by atoms with Crippen molar-refractivity contribution < 1.29 is 5.11 Å². The molecule has 0 bridgehead atoms. The van der Waals surface area contributed by atoms with Gasteiger partial charge in [-0.15, -0.1) is 0 Å². The maximum absolute atomic E-state index is 9.40. The number of nitrogens with zero attached hydrogens (tertiary/aromatic N) is 3. The Hall–Kier alpha value is -2.03. The van der Waals surface area contributed by atoms with Crippen LogP contribution in [0.1, 0.15) is 24.0 Å². The number of aliphatic hydroxyl groups is 1. The van der Waals surface area contributed by atoms with Gasteiger partial charge in [0.2, 0.25) is 0 Å². The first-order chi connectivity index (χ1) is 10.6. The van der Waals surface area contributed by atoms with E-state index >= 15 is 0 Å². The van der Waals surface area contributed by atoms with Crippen LogP contribution in [0.3, 0.4) is 0 Å². The first-order valence-corrected chi connectivity index (χ1v) is 7.49. The summed E-state index contributed by atoms with van der Waals surface area (Å²) < 4.78 is 1.71. The molecule has 6 heteroatoms. The lowest BCUT2D eigenvalue weighted by Gasteiger charge is -2.15. The minimum Gasteiger partial charge on any atom is -0.396 e. The zero-order valence-corrected chi connectivity index (χ0v) is 13.1. The molecule has 1 aliphatic rings. The first kappa shape index (κ1) is 14.9. The van der Waals surface area contributed by atoms with Gasteiger partial charge in [-0.05, 0) is 18.9 Å². The molecule has 0 saturated heterocycles. The van der Waals surface area contributed by atoms with E-state index in [9.17, 15) is 5.11 Å². The van der Waals surface area contributed by atoms with Crippen LogP contribution in [0, 0.1) is 17.3 Å². The molecule has 0 spiro atoms. The summed E-state index contributed by atoms with van der Waals surface area (Å²) in [5.74, 6) is 6.16. The first-order valence-electron chi connectivity index (χ1n) is 7.11. The molecule has 0 aliphatic heterocycles. The van der Waals surface area contributed by atoms with E-state index in [4.69, 9.17) is 11.6 Å². The lowest BCUT2D eigenvalue weighted by Crippen LogP contribution is -2.19. The van der Waals surface area contributed by atoms with Gasteiger partial charge in [0.1, 0.15) is 5.15 Å². The van der Waals surface area contributed by atoms with Crippen molar-refractivity contribution in [3.05, 3.63) is 40.9 Å². The van der Waals surface area contributed by atoms with Crippen LogP contribution >= 0.6 is 11.6 Å². The largest absolute Gasteiger partial charge is 0.396 e. The molecule has 2 aromatic rings. The quantitative estimate of drug-likeness (QED) is 0.669. The van der Waals surface area contributed by atoms with E-state index in [1.165, 1.54) is 0 Å². The van der Waals surface area contributed by atoms with Gasteiger partial charge in [0.15, 0.2) is 0 Å². The van der Waals surface area contributed by atoms with E-state index in [0.29, 0.717) is 11.7 Å². The third-order valence-electron chi connectivity index (χ3n) is 3.86. The highest BCUT2D eigenvalue weighted by molar-refractivity contribution is 6.29. The third kappa shape index (κ3) is 3.41. The Morgan fingerprint density at radius 3 is 2.86 bits per heavy atom. The number of pyridine rings is 1. The van der Waals surface area contributed by atoms with Crippen molar-refractivity contribution in [3.8, 4) is 11.8 Å². The van der Waals surface area contributed by atoms with Crippen LogP contribution in [0.15, 0.2) is 24.7 Å². The van der Waals surface area contributed by atoms with E-state index in [2.05, 4.69) is 27.2 Å². The van der Waals surface area contributed by atoms with Gasteiger partial charge < -0.3 is 10.4 Å². The molecule has 1 fully saturated rings. The molecule has 2 heterocycles. The molecule has 2 aromatic heterocycles. The van der Waals surface area contributed by atoms with Crippen LogP contribution in [0.25, 0.3) is 0 Å². The average Bonchev–Trinajstić information content (AvgIpc) is 3.19. The van der Waals surface area contributed by atoms with Gasteiger partial charge in [-0.2, -0.15) is 5.10 Å². The number of aromatic nitrogens is 3. The molecule has 1 aliphatic carbocycles. The van der Waals surface area contributed by atoms with Crippen LogP contribution < -0.4 is 5.32 Å². The van der Waals surface area contributed by atoms with Gasteiger partial charge in [-0.1, -0.05) is 23.4 Å². The predicted octanol–water partition coefficient (Wildman–Crippen LogP) is 2.05. The fourth-order valence-corrected chi connectivity index (χ4v) is 2.31. The highest BCUT2D eigenvalue weighted by atomic mass is 35.5. The SMILES string of the molecule is Cn1cc(C#Cc2cnc(Cl)cc2NCC2(CO)CC2)cn1. The molecule has 0 amide bonds. The molecule has 2 N–H and O–H groups in total. The van der Waals surface area contributed by atoms with E-state index in [0.717, 1.165) is 29.7 Å². The minimum atomic E-state index is 0.0177. The molecule has 114 valence electrons. The highest BCUT2D eigenvalue weighted by Gasteiger charge is 2.41. The smallest absolute Gasteiger partial charge is 0.131 e. The number of aryl methyl sites for hydroxylation is 1. The summed E-state index contributed by atoms with van der Waals surface area (Å²) in [5, 5.41) is 17.2. The van der Waals surface area contributed by atoms with Crippen molar-refractivity contribution in [2.75, 3.05) is 18.5 Å². The number of anilines is 1. The van der Waals surface area contributed by atoms with E-state index in [1.807, 2.05) is 13.2 Å². The fourth-order valence-electron chi connectivity index (χ4n) is 2.15. The lowest BCUT2D eigenvalue weighted by atomic mass is 10.1. The molecular formula is C16H17ClN4O. The molecule has 0 unspecified atom stereocenters. The summed E-state index contributed by atoms with van der Waals surface area (Å²) >= 11 is 5.97. The summed E-state index contributed by atoms with van der Waals surface area (Å²) in [6.07, 6.45) is 7.33. The van der Waals surface area contributed by atoms with Gasteiger partial charge in [-0.25, -0.2) is 4.98 Å². The maximum atomic E-state index is 9.40. The summed E-state index contributed by atoms with van der Waals surface area (Å²) in [5.41, 5.74) is 2.49. The van der Waals surface area contributed by atoms with Crippen molar-refractivity contribution in [2.45, 2.75) is 12.8 Å². The second-order valence-electron chi connectivity index (χ2n) is 5.72. The van der Waals surface area contributed by atoms with Gasteiger partial charge >= 0.3 is 0 Å². The van der Waals surface area contributed by atoms with Crippen molar-refractivity contribution in [3.63, 3.8) is 0 Å². The van der Waals surface area contributed by atoms with Crippen LogP contribution in [-0.2, 0) is 7.05 Å². The van der Waals surface area contributed by atoms with Crippen molar-refractivity contribution in [2.24, 2.45) is 12.5 Å². The van der Waals surface area contributed by atoms with E-state index in [1.54, 1.807) is 23.1 Å². The number of rotatable bonds is 4. The number of aliphatic hydroxyl groups excluding tert-OH is 1. The zero-order chi connectivity index (χ0) is 15.6. The lowest BCUT2D eigenvalue weighted by molar-refractivity contribution is 0.220. The molecule has 0 radical (unpaired) electrons. The minimum absolute atomic E-state index is 0.0177. The number of hydrogen-bond acceptors (Lipinski definition) is 4. The summed E-state index contributed by atoms with van der Waals surface area (Å²) in [7, 11) is 1.85. The fraction of sp³-hybridized carbons (Fsp3) is 0.375. The van der Waals surface area contributed by atoms with Crippen LogP contribution in [-0.4, -0.2) is 33.0 Å². The third-order valence-corrected chi connectivity index (χ3v) is 4.07. The van der Waals surface area contributed by atoms with Crippen molar-refractivity contribution in [1.82, 2.24) is 14.8 Å². The van der Waals surface area contributed by atoms with Crippen LogP contribution in [0.2, 0.25) is 5.15 Å². The maximum Gasteiger partial charge on any atom is 0.131 e. The topological polar surface area (TPSA) is 63.0 Å². The monoisotopic (exact) mass is 316 g/mol. The summed E-state index contributed by atoms with van der Waals surface area (Å²) in [6.45, 7) is 0.918. The Morgan fingerprint density at radius 2 is 2.23 bits per heavy atom. The van der Waals surface area contributed by atoms with Crippen LogP contribution in [0.5, 0.6) is 0 Å². The molecule has 22 heavy (non-hydrogen) atoms. The van der Waals surface area contributed by atoms with Gasteiger partial charge in [0.05, 0.1) is 29.6 Å². The van der Waals surface area contributed by atoms with Crippen molar-refractivity contribution in [1.29, 1.82) is 0 Å². The van der Waals surface area contributed by atoms with E-state index in [-0.39, 0.29) is 12.0 Å². The van der Waals surface area contributed by atoms with Crippen molar-refractivity contribution >= 4 is 17.3 Å². The Kier molecular flexibility index (Phi) is 4.06. The normalized spacial score (nSPS) is 15.0. The second kappa shape index (κ2) is 5.99. The summed E-state index contributed by atoms with van der Waals surface area (Å²) in [6, 6.07) is 1.77. The molecule has 5 nitrogen and oxygen atoms in total. The molecule has 0 aromatic carbocycles. The highest BCUT2D eigenvalue weighted by Crippen LogP contribution is 2.45. The Bertz CT molecular complexity index is 740. The molecule has 3 rings (SSSR count). The predicted molar refractivity (Wildman–Crippen MR) is 85.7 cm³/mol. The molecule has 1 saturated carbocycles. The number of nitrogens with one attached hydrogen (secondary N) is 1. The summed E-state index contributed by atoms with van der Waals surface area (Å²) in [4.78, 5) is 4.09. The Balaban J connectivity index is 1.80. The number of halogens is 1. The number of hydrogen-bond donors (Lipinski definition) is 2. The molecule has 0 atom stereocenters. The van der Waals surface area contributed by atoms with Gasteiger partial charge in [-0.3, -0.25) is 4.68 Å². The van der Waals surface area contributed by atoms with Gasteiger partial charge in [0.25, 0.3) is 0 Å². The van der Waals surface area contributed by atoms with E-state index < -0.39 is 0 Å². The Morgan fingerprint density at radius 1 is 1.41 bits per heavy atom. The average molecular weight is 317 g/mol. The van der Waals surface area contributed by atoms with Crippen LogP contribution in [0.4, 0.5) is 5.69 Å².